The number of fused-ring (bicyclic) bond motifs is 1. The van der Waals surface area contributed by atoms with Crippen LogP contribution in [0, 0.1) is 6.92 Å². The van der Waals surface area contributed by atoms with Gasteiger partial charge in [0.15, 0.2) is 0 Å². The molecule has 28 heavy (non-hydrogen) atoms. The van der Waals surface area contributed by atoms with Gasteiger partial charge in [-0.1, -0.05) is 30.3 Å². The Morgan fingerprint density at radius 2 is 1.89 bits per heavy atom. The van der Waals surface area contributed by atoms with Gasteiger partial charge >= 0.3 is 0 Å². The molecule has 1 atom stereocenters. The number of aryl methyl sites for hydroxylation is 1. The normalized spacial score (nSPS) is 14.9. The second-order valence-electron chi connectivity index (χ2n) is 6.54. The molecule has 0 radical (unpaired) electrons. The van der Waals surface area contributed by atoms with Gasteiger partial charge in [0.1, 0.15) is 6.04 Å². The van der Waals surface area contributed by atoms with Crippen molar-refractivity contribution in [3.8, 4) is 0 Å². The quantitative estimate of drug-likeness (QED) is 0.704. The summed E-state index contributed by atoms with van der Waals surface area (Å²) in [6.07, 6.45) is 0.181. The van der Waals surface area contributed by atoms with Crippen LogP contribution in [0.2, 0.25) is 0 Å². The summed E-state index contributed by atoms with van der Waals surface area (Å²) >= 11 is 0. The molecule has 2 heterocycles. The van der Waals surface area contributed by atoms with E-state index in [9.17, 15) is 13.2 Å². The molecule has 1 aliphatic heterocycles. The molecule has 0 saturated heterocycles. The lowest BCUT2D eigenvalue weighted by molar-refractivity contribution is -0.117. The molecule has 9 heteroatoms. The van der Waals surface area contributed by atoms with E-state index >= 15 is 0 Å². The third kappa shape index (κ3) is 3.30. The van der Waals surface area contributed by atoms with Gasteiger partial charge in [0, 0.05) is 19.7 Å². The maximum absolute atomic E-state index is 13.1. The van der Waals surface area contributed by atoms with Gasteiger partial charge in [0.05, 0.1) is 11.3 Å². The highest BCUT2D eigenvalue weighted by atomic mass is 32.2. The smallest absolute Gasteiger partial charge is 0.241 e. The van der Waals surface area contributed by atoms with Crippen LogP contribution in [0.1, 0.15) is 29.0 Å². The van der Waals surface area contributed by atoms with Gasteiger partial charge in [-0.25, -0.2) is 8.42 Å². The molecule has 0 aliphatic carbocycles. The zero-order valence-corrected chi connectivity index (χ0v) is 16.1. The zero-order chi connectivity index (χ0) is 19.9. The predicted molar refractivity (Wildman–Crippen MR) is 101 cm³/mol. The third-order valence-electron chi connectivity index (χ3n) is 4.63. The topological polar surface area (TPSA) is 105 Å². The molecule has 1 aliphatic rings. The molecule has 0 saturated carbocycles. The van der Waals surface area contributed by atoms with Crippen LogP contribution < -0.4 is 9.62 Å². The first-order chi connectivity index (χ1) is 13.3. The minimum Gasteiger partial charge on any atom is -0.423 e. The highest BCUT2D eigenvalue weighted by molar-refractivity contribution is 7.89. The minimum atomic E-state index is -3.91. The monoisotopic (exact) mass is 398 g/mol. The number of nitrogens with zero attached hydrogens (tertiary/aromatic N) is 3. The van der Waals surface area contributed by atoms with E-state index in [4.69, 9.17) is 4.42 Å². The molecule has 1 amide bonds. The van der Waals surface area contributed by atoms with Crippen LogP contribution in [-0.4, -0.2) is 31.6 Å². The van der Waals surface area contributed by atoms with Crippen molar-refractivity contribution in [2.45, 2.75) is 24.3 Å². The average Bonchev–Trinajstić information content (AvgIpc) is 3.23. The Kier molecular flexibility index (Phi) is 4.48. The lowest BCUT2D eigenvalue weighted by Gasteiger charge is -2.17. The summed E-state index contributed by atoms with van der Waals surface area (Å²) in [5, 5.41) is 7.79. The maximum atomic E-state index is 13.1. The van der Waals surface area contributed by atoms with Crippen molar-refractivity contribution in [1.82, 2.24) is 14.9 Å². The Morgan fingerprint density at radius 3 is 2.57 bits per heavy atom. The van der Waals surface area contributed by atoms with Crippen molar-refractivity contribution in [3.05, 3.63) is 71.4 Å². The third-order valence-corrected chi connectivity index (χ3v) is 6.05. The van der Waals surface area contributed by atoms with Crippen molar-refractivity contribution in [1.29, 1.82) is 0 Å². The molecular weight excluding hydrogens is 380 g/mol. The van der Waals surface area contributed by atoms with E-state index < -0.39 is 16.1 Å². The molecule has 1 aromatic heterocycles. The summed E-state index contributed by atoms with van der Waals surface area (Å²) < 4.78 is 34.2. The van der Waals surface area contributed by atoms with E-state index in [1.807, 2.05) is 6.07 Å². The van der Waals surface area contributed by atoms with Crippen LogP contribution in [0.3, 0.4) is 0 Å². The molecule has 144 valence electrons. The summed E-state index contributed by atoms with van der Waals surface area (Å²) in [5.41, 5.74) is 2.07. The summed E-state index contributed by atoms with van der Waals surface area (Å²) in [4.78, 5) is 13.5. The number of rotatable bonds is 5. The summed E-state index contributed by atoms with van der Waals surface area (Å²) in [7, 11) is -2.24. The molecule has 0 fully saturated rings. The number of carbonyl (C=O) groups is 1. The fourth-order valence-corrected chi connectivity index (χ4v) is 4.40. The Hall–Kier alpha value is -3.04. The van der Waals surface area contributed by atoms with Crippen LogP contribution >= 0.6 is 0 Å². The summed E-state index contributed by atoms with van der Waals surface area (Å²) in [5.74, 6) is 0.429. The zero-order valence-electron chi connectivity index (χ0n) is 15.3. The number of nitrogens with one attached hydrogen (secondary N) is 1. The number of benzene rings is 2. The fraction of sp³-hybridized carbons (Fsp3) is 0.211. The van der Waals surface area contributed by atoms with Gasteiger partial charge < -0.3 is 9.32 Å². The number of anilines is 1. The van der Waals surface area contributed by atoms with Crippen LogP contribution in [0.25, 0.3) is 0 Å². The molecule has 4 rings (SSSR count). The van der Waals surface area contributed by atoms with Crippen LogP contribution in [-0.2, 0) is 21.2 Å². The first-order valence-electron chi connectivity index (χ1n) is 8.62. The van der Waals surface area contributed by atoms with E-state index in [-0.39, 0.29) is 23.1 Å². The number of amides is 1. The Balaban J connectivity index is 1.71. The molecular formula is C19H18N4O4S. The van der Waals surface area contributed by atoms with Crippen LogP contribution in [0.4, 0.5) is 5.69 Å². The lowest BCUT2D eigenvalue weighted by atomic mass is 10.1. The highest BCUT2D eigenvalue weighted by Crippen LogP contribution is 2.31. The largest absolute Gasteiger partial charge is 0.423 e. The van der Waals surface area contributed by atoms with Gasteiger partial charge in [-0.05, 0) is 29.3 Å². The van der Waals surface area contributed by atoms with Gasteiger partial charge in [-0.3, -0.25) is 4.79 Å². The number of hydrogen-bond donors (Lipinski definition) is 1. The first kappa shape index (κ1) is 18.3. The Bertz CT molecular complexity index is 1140. The highest BCUT2D eigenvalue weighted by Gasteiger charge is 2.30. The van der Waals surface area contributed by atoms with Gasteiger partial charge in [-0.2, -0.15) is 4.72 Å². The molecule has 1 N–H and O–H groups in total. The van der Waals surface area contributed by atoms with E-state index in [0.717, 1.165) is 5.69 Å². The molecule has 0 spiro atoms. The molecule has 0 bridgehead atoms. The van der Waals surface area contributed by atoms with E-state index in [2.05, 4.69) is 14.9 Å². The first-order valence-corrected chi connectivity index (χ1v) is 10.1. The van der Waals surface area contributed by atoms with Gasteiger partial charge in [0.2, 0.25) is 27.7 Å². The van der Waals surface area contributed by atoms with E-state index in [1.165, 1.54) is 17.0 Å². The maximum Gasteiger partial charge on any atom is 0.241 e. The minimum absolute atomic E-state index is 0.0685. The van der Waals surface area contributed by atoms with Gasteiger partial charge in [-0.15, -0.1) is 10.2 Å². The molecule has 8 nitrogen and oxygen atoms in total. The lowest BCUT2D eigenvalue weighted by Crippen LogP contribution is -2.29. The second-order valence-corrected chi connectivity index (χ2v) is 8.26. The summed E-state index contributed by atoms with van der Waals surface area (Å²) in [6, 6.07) is 12.8. The number of aromatic nitrogens is 2. The molecule has 2 aromatic carbocycles. The van der Waals surface area contributed by atoms with Crippen molar-refractivity contribution in [2.75, 3.05) is 11.9 Å². The van der Waals surface area contributed by atoms with E-state index in [0.29, 0.717) is 17.0 Å². The number of hydrogen-bond acceptors (Lipinski definition) is 6. The standard InChI is InChI=1S/C19H18N4O4S/c1-12-20-21-19(27-12)18(13-6-4-3-5-7-13)22-28(25,26)15-8-9-16-14(10-15)11-17(24)23(16)2/h3-10,18,22H,11H2,1-2H3. The average molecular weight is 398 g/mol. The van der Waals surface area contributed by atoms with Crippen molar-refractivity contribution in [3.63, 3.8) is 0 Å². The Labute approximate surface area is 162 Å². The Morgan fingerprint density at radius 1 is 1.14 bits per heavy atom. The van der Waals surface area contributed by atoms with Crippen molar-refractivity contribution in [2.24, 2.45) is 0 Å². The van der Waals surface area contributed by atoms with Crippen LogP contribution in [0.15, 0.2) is 57.8 Å². The second kappa shape index (κ2) is 6.84. The number of carbonyl (C=O) groups excluding carboxylic acids is 1. The predicted octanol–water partition coefficient (Wildman–Crippen LogP) is 1.96. The number of sulfonamides is 1. The fourth-order valence-electron chi connectivity index (χ4n) is 3.17. The van der Waals surface area contributed by atoms with Crippen molar-refractivity contribution >= 4 is 21.6 Å². The van der Waals surface area contributed by atoms with Crippen molar-refractivity contribution < 1.29 is 17.6 Å². The number of likely N-dealkylation sites (N-methyl/N-ethyl adjacent to an activating group) is 1. The molecule has 1 unspecified atom stereocenters. The summed E-state index contributed by atoms with van der Waals surface area (Å²) in [6.45, 7) is 1.64. The van der Waals surface area contributed by atoms with Gasteiger partial charge in [0.25, 0.3) is 0 Å². The van der Waals surface area contributed by atoms with Crippen LogP contribution in [0.5, 0.6) is 0 Å². The SMILES string of the molecule is Cc1nnc(C(NS(=O)(=O)c2ccc3c(c2)CC(=O)N3C)c2ccccc2)o1. The molecule has 3 aromatic rings. The van der Waals surface area contributed by atoms with E-state index in [1.54, 1.807) is 44.3 Å².